The number of ether oxygens (including phenoxy) is 2. The number of benzene rings is 2. The molecule has 0 fully saturated rings. The molecular weight excluding hydrogens is 570 g/mol. The molecule has 3 unspecified atom stereocenters. The summed E-state index contributed by atoms with van der Waals surface area (Å²) in [5, 5.41) is 5.69. The fourth-order valence-corrected chi connectivity index (χ4v) is 4.98. The Labute approximate surface area is 269 Å². The van der Waals surface area contributed by atoms with Gasteiger partial charge in [0, 0.05) is 19.0 Å². The summed E-state index contributed by atoms with van der Waals surface area (Å²) >= 11 is 0. The molecule has 9 nitrogen and oxygen atoms in total. The molecule has 2 N–H and O–H groups in total. The first kappa shape index (κ1) is 37.3. The third-order valence-corrected chi connectivity index (χ3v) is 7.47. The van der Waals surface area contributed by atoms with Gasteiger partial charge in [-0.05, 0) is 89.5 Å². The van der Waals surface area contributed by atoms with E-state index in [0.29, 0.717) is 17.9 Å². The second-order valence-corrected chi connectivity index (χ2v) is 13.0. The van der Waals surface area contributed by atoms with Gasteiger partial charge in [-0.3, -0.25) is 14.4 Å². The first-order chi connectivity index (χ1) is 21.1. The van der Waals surface area contributed by atoms with Crippen LogP contribution in [0.5, 0.6) is 0 Å². The molecule has 0 aliphatic carbocycles. The number of alkyl carbamates (subject to hydrolysis) is 1. The Hall–Kier alpha value is -3.88. The summed E-state index contributed by atoms with van der Waals surface area (Å²) < 4.78 is 10.6. The number of esters is 1. The van der Waals surface area contributed by atoms with E-state index in [1.54, 1.807) is 32.6 Å². The van der Waals surface area contributed by atoms with Crippen molar-refractivity contribution < 1.29 is 28.7 Å². The van der Waals surface area contributed by atoms with Crippen LogP contribution in [0.15, 0.2) is 48.5 Å². The molecule has 0 aromatic heterocycles. The van der Waals surface area contributed by atoms with Gasteiger partial charge in [-0.15, -0.1) is 0 Å². The van der Waals surface area contributed by atoms with Gasteiger partial charge < -0.3 is 25.0 Å². The van der Waals surface area contributed by atoms with Crippen molar-refractivity contribution in [2.45, 2.75) is 112 Å². The lowest BCUT2D eigenvalue weighted by molar-refractivity contribution is -0.146. The molecule has 2 aromatic carbocycles. The smallest absolute Gasteiger partial charge is 0.408 e. The Morgan fingerprint density at radius 2 is 1.58 bits per heavy atom. The summed E-state index contributed by atoms with van der Waals surface area (Å²) in [6, 6.07) is 12.8. The summed E-state index contributed by atoms with van der Waals surface area (Å²) in [5.74, 6) is -0.848. The van der Waals surface area contributed by atoms with E-state index in [0.717, 1.165) is 23.1 Å². The molecule has 0 radical (unpaired) electrons. The number of nitrogens with one attached hydrogen (secondary N) is 2. The minimum atomic E-state index is -1.01. The van der Waals surface area contributed by atoms with E-state index in [-0.39, 0.29) is 32.0 Å². The molecule has 45 heavy (non-hydrogen) atoms. The highest BCUT2D eigenvalue weighted by atomic mass is 16.6. The fraction of sp³-hybridized carbons (Fsp3) is 0.556. The van der Waals surface area contributed by atoms with Crippen LogP contribution in [0, 0.1) is 19.8 Å². The van der Waals surface area contributed by atoms with Crippen LogP contribution in [0.25, 0.3) is 0 Å². The number of amides is 3. The van der Waals surface area contributed by atoms with Crippen molar-refractivity contribution in [2.75, 3.05) is 13.2 Å². The van der Waals surface area contributed by atoms with E-state index >= 15 is 0 Å². The molecule has 9 heteroatoms. The lowest BCUT2D eigenvalue weighted by Crippen LogP contribution is -2.56. The van der Waals surface area contributed by atoms with Crippen LogP contribution >= 0.6 is 0 Å². The molecule has 0 saturated heterocycles. The van der Waals surface area contributed by atoms with Crippen LogP contribution in [0.3, 0.4) is 0 Å². The highest BCUT2D eigenvalue weighted by Crippen LogP contribution is 2.29. The van der Waals surface area contributed by atoms with Crippen molar-refractivity contribution in [1.29, 1.82) is 0 Å². The Kier molecular flexibility index (Phi) is 14.6. The molecule has 2 rings (SSSR count). The molecule has 0 aliphatic heterocycles. The van der Waals surface area contributed by atoms with Gasteiger partial charge >= 0.3 is 12.1 Å². The zero-order chi connectivity index (χ0) is 33.7. The Balaban J connectivity index is 2.63. The van der Waals surface area contributed by atoms with Crippen molar-refractivity contribution in [1.82, 2.24) is 15.5 Å². The maximum atomic E-state index is 14.8. The van der Waals surface area contributed by atoms with Gasteiger partial charge in [0.1, 0.15) is 17.7 Å². The largest absolute Gasteiger partial charge is 0.466 e. The zero-order valence-electron chi connectivity index (χ0n) is 28.6. The molecule has 0 aliphatic rings. The first-order valence-corrected chi connectivity index (χ1v) is 16.0. The maximum Gasteiger partial charge on any atom is 0.408 e. The molecule has 0 bridgehead atoms. The Morgan fingerprint density at radius 3 is 2.16 bits per heavy atom. The maximum absolute atomic E-state index is 14.8. The van der Waals surface area contributed by atoms with Gasteiger partial charge in [-0.2, -0.15) is 0 Å². The van der Waals surface area contributed by atoms with Crippen molar-refractivity contribution in [3.05, 3.63) is 70.8 Å². The Bertz CT molecular complexity index is 1270. The monoisotopic (exact) mass is 623 g/mol. The summed E-state index contributed by atoms with van der Waals surface area (Å²) in [6.45, 7) is 17.4. The number of hydrogen-bond acceptors (Lipinski definition) is 6. The molecule has 0 saturated carbocycles. The summed E-state index contributed by atoms with van der Waals surface area (Å²) in [6.07, 6.45) is 0.972. The van der Waals surface area contributed by atoms with Crippen LogP contribution in [-0.4, -0.2) is 59.6 Å². The van der Waals surface area contributed by atoms with Gasteiger partial charge in [0.2, 0.25) is 11.8 Å². The summed E-state index contributed by atoms with van der Waals surface area (Å²) in [5.41, 5.74) is 2.76. The van der Waals surface area contributed by atoms with Gasteiger partial charge in [0.25, 0.3) is 0 Å². The number of carbonyl (C=O) groups is 4. The molecule has 0 spiro atoms. The molecule has 3 atom stereocenters. The number of nitrogens with zero attached hydrogens (tertiary/aromatic N) is 1. The molecular formula is C36H53N3O6. The fourth-order valence-electron chi connectivity index (χ4n) is 4.98. The normalized spacial score (nSPS) is 13.4. The van der Waals surface area contributed by atoms with Gasteiger partial charge in [-0.1, -0.05) is 62.4 Å². The van der Waals surface area contributed by atoms with Gasteiger partial charge in [0.15, 0.2) is 0 Å². The number of rotatable bonds is 15. The van der Waals surface area contributed by atoms with Crippen molar-refractivity contribution in [3.63, 3.8) is 0 Å². The van der Waals surface area contributed by atoms with Crippen LogP contribution in [-0.2, 0) is 30.3 Å². The van der Waals surface area contributed by atoms with Crippen LogP contribution in [0.4, 0.5) is 4.79 Å². The minimum absolute atomic E-state index is 0.00685. The number of aryl methyl sites for hydroxylation is 2. The standard InChI is InChI=1S/C36H53N3O6/c1-10-44-31(40)20-21-37-33(41)32(29-19-17-25(4)26(5)22-29)39(27(6)18-16-24(2)3)34(42)30(23-28-14-12-11-13-15-28)38-35(43)45-36(7,8)9/h11-15,17,19,22,24,27,30,32H,10,16,18,20-21,23H2,1-9H3,(H,37,41)(H,38,43). The van der Waals surface area contributed by atoms with Gasteiger partial charge in [-0.25, -0.2) is 4.79 Å². The molecule has 0 heterocycles. The molecule has 248 valence electrons. The van der Waals surface area contributed by atoms with E-state index < -0.39 is 41.6 Å². The van der Waals surface area contributed by atoms with Crippen LogP contribution < -0.4 is 10.6 Å². The van der Waals surface area contributed by atoms with E-state index in [1.165, 1.54) is 0 Å². The lowest BCUT2D eigenvalue weighted by atomic mass is 9.94. The van der Waals surface area contributed by atoms with Crippen molar-refractivity contribution in [2.24, 2.45) is 5.92 Å². The van der Waals surface area contributed by atoms with E-state index in [1.807, 2.05) is 69.3 Å². The zero-order valence-corrected chi connectivity index (χ0v) is 28.6. The van der Waals surface area contributed by atoms with Crippen LogP contribution in [0.1, 0.15) is 96.0 Å². The Morgan fingerprint density at radius 1 is 0.911 bits per heavy atom. The predicted molar refractivity (Wildman–Crippen MR) is 177 cm³/mol. The SMILES string of the molecule is CCOC(=O)CCNC(=O)C(c1ccc(C)c(C)c1)N(C(=O)C(Cc1ccccc1)NC(=O)OC(C)(C)C)C(C)CCC(C)C. The average molecular weight is 624 g/mol. The number of carbonyl (C=O) groups excluding carboxylic acids is 4. The molecule has 2 aromatic rings. The van der Waals surface area contributed by atoms with Crippen molar-refractivity contribution >= 4 is 23.9 Å². The van der Waals surface area contributed by atoms with E-state index in [2.05, 4.69) is 24.5 Å². The second kappa shape index (κ2) is 17.6. The average Bonchev–Trinajstić information content (AvgIpc) is 2.95. The lowest BCUT2D eigenvalue weighted by Gasteiger charge is -2.39. The van der Waals surface area contributed by atoms with Crippen molar-refractivity contribution in [3.8, 4) is 0 Å². The topological polar surface area (TPSA) is 114 Å². The first-order valence-electron chi connectivity index (χ1n) is 16.0. The quantitative estimate of drug-likeness (QED) is 0.228. The van der Waals surface area contributed by atoms with E-state index in [9.17, 15) is 19.2 Å². The van der Waals surface area contributed by atoms with Gasteiger partial charge in [0.05, 0.1) is 13.0 Å². The summed E-state index contributed by atoms with van der Waals surface area (Å²) in [7, 11) is 0. The van der Waals surface area contributed by atoms with E-state index in [4.69, 9.17) is 9.47 Å². The predicted octanol–water partition coefficient (Wildman–Crippen LogP) is 6.20. The van der Waals surface area contributed by atoms with Crippen LogP contribution in [0.2, 0.25) is 0 Å². The second-order valence-electron chi connectivity index (χ2n) is 13.0. The minimum Gasteiger partial charge on any atom is -0.466 e. The third-order valence-electron chi connectivity index (χ3n) is 7.47. The highest BCUT2D eigenvalue weighted by molar-refractivity contribution is 5.92. The summed E-state index contributed by atoms with van der Waals surface area (Å²) in [4.78, 5) is 55.6. The molecule has 3 amide bonds. The highest BCUT2D eigenvalue weighted by Gasteiger charge is 2.39. The third kappa shape index (κ3) is 12.6. The number of hydrogen-bond donors (Lipinski definition) is 2.